The maximum absolute atomic E-state index is 12.9. The molecular weight excluding hydrogens is 392 g/mol. The standard InChI is InChI=1S/C21H23ClN4OS/c1-13(2)18-10-5-7-14(3)19(18)24-20(27)15(4)28-21-25-23-12-26(21)17-9-6-8-16(22)11-17/h5-13,15H,1-4H3,(H,24,27). The van der Waals surface area contributed by atoms with Crippen LogP contribution in [0.15, 0.2) is 53.9 Å². The molecule has 0 fully saturated rings. The highest BCUT2D eigenvalue weighted by Gasteiger charge is 2.20. The minimum Gasteiger partial charge on any atom is -0.325 e. The van der Waals surface area contributed by atoms with Crippen molar-refractivity contribution >= 4 is 35.0 Å². The summed E-state index contributed by atoms with van der Waals surface area (Å²) < 4.78 is 1.83. The van der Waals surface area contributed by atoms with E-state index >= 15 is 0 Å². The van der Waals surface area contributed by atoms with Crippen LogP contribution in [0.1, 0.15) is 37.8 Å². The smallest absolute Gasteiger partial charge is 0.237 e. The van der Waals surface area contributed by atoms with Gasteiger partial charge in [0.15, 0.2) is 5.16 Å². The molecule has 1 amide bonds. The predicted molar refractivity (Wildman–Crippen MR) is 116 cm³/mol. The maximum atomic E-state index is 12.9. The first-order valence-corrected chi connectivity index (χ1v) is 10.4. The number of amides is 1. The van der Waals surface area contributed by atoms with Gasteiger partial charge in [0, 0.05) is 10.7 Å². The molecule has 7 heteroatoms. The number of nitrogens with one attached hydrogen (secondary N) is 1. The third-order valence-corrected chi connectivity index (χ3v) is 5.72. The monoisotopic (exact) mass is 414 g/mol. The number of aryl methyl sites for hydroxylation is 1. The summed E-state index contributed by atoms with van der Waals surface area (Å²) in [7, 11) is 0. The average molecular weight is 415 g/mol. The van der Waals surface area contributed by atoms with Crippen molar-refractivity contribution in [2.24, 2.45) is 0 Å². The highest BCUT2D eigenvalue weighted by atomic mass is 35.5. The first-order valence-electron chi connectivity index (χ1n) is 9.09. The largest absolute Gasteiger partial charge is 0.325 e. The van der Waals surface area contributed by atoms with Crippen LogP contribution in [0.2, 0.25) is 5.02 Å². The van der Waals surface area contributed by atoms with Gasteiger partial charge in [0.1, 0.15) is 6.33 Å². The lowest BCUT2D eigenvalue weighted by molar-refractivity contribution is -0.115. The first-order chi connectivity index (χ1) is 13.4. The summed E-state index contributed by atoms with van der Waals surface area (Å²) in [5.74, 6) is 0.255. The van der Waals surface area contributed by atoms with E-state index in [1.165, 1.54) is 11.8 Å². The number of anilines is 1. The molecule has 0 saturated heterocycles. The lowest BCUT2D eigenvalue weighted by atomic mass is 9.98. The van der Waals surface area contributed by atoms with Crippen LogP contribution in [0.3, 0.4) is 0 Å². The Kier molecular flexibility index (Phi) is 6.42. The van der Waals surface area contributed by atoms with Gasteiger partial charge in [0.25, 0.3) is 0 Å². The quantitative estimate of drug-likeness (QED) is 0.543. The lowest BCUT2D eigenvalue weighted by Gasteiger charge is -2.18. The fourth-order valence-corrected chi connectivity index (χ4v) is 3.91. The molecule has 3 rings (SSSR count). The number of halogens is 1. The van der Waals surface area contributed by atoms with Gasteiger partial charge < -0.3 is 5.32 Å². The number of para-hydroxylation sites is 1. The van der Waals surface area contributed by atoms with Crippen molar-refractivity contribution in [1.82, 2.24) is 14.8 Å². The van der Waals surface area contributed by atoms with E-state index in [-0.39, 0.29) is 11.2 Å². The summed E-state index contributed by atoms with van der Waals surface area (Å²) in [6, 6.07) is 13.5. The Hall–Kier alpha value is -2.31. The molecule has 3 aromatic rings. The molecule has 28 heavy (non-hydrogen) atoms. The molecule has 1 N–H and O–H groups in total. The van der Waals surface area contributed by atoms with Gasteiger partial charge in [0.05, 0.1) is 10.9 Å². The third kappa shape index (κ3) is 4.56. The Morgan fingerprint density at radius 2 is 1.93 bits per heavy atom. The molecule has 0 aliphatic rings. The van der Waals surface area contributed by atoms with Crippen LogP contribution < -0.4 is 5.32 Å². The van der Waals surface area contributed by atoms with Crippen molar-refractivity contribution in [2.75, 3.05) is 5.32 Å². The third-order valence-electron chi connectivity index (χ3n) is 4.43. The molecule has 0 bridgehead atoms. The van der Waals surface area contributed by atoms with Crippen molar-refractivity contribution in [3.63, 3.8) is 0 Å². The Morgan fingerprint density at radius 3 is 2.64 bits per heavy atom. The van der Waals surface area contributed by atoms with E-state index in [2.05, 4.69) is 35.4 Å². The normalized spacial score (nSPS) is 12.2. The van der Waals surface area contributed by atoms with Gasteiger partial charge in [-0.05, 0) is 49.1 Å². The molecule has 0 aliphatic carbocycles. The van der Waals surface area contributed by atoms with Gasteiger partial charge >= 0.3 is 0 Å². The second-order valence-corrected chi connectivity index (χ2v) is 8.65. The van der Waals surface area contributed by atoms with Gasteiger partial charge in [-0.1, -0.05) is 61.5 Å². The van der Waals surface area contributed by atoms with Gasteiger partial charge in [-0.25, -0.2) is 0 Å². The number of benzene rings is 2. The molecule has 0 spiro atoms. The van der Waals surface area contributed by atoms with Crippen molar-refractivity contribution in [2.45, 2.75) is 44.0 Å². The summed E-state index contributed by atoms with van der Waals surface area (Å²) in [4.78, 5) is 12.9. The van der Waals surface area contributed by atoms with E-state index in [1.54, 1.807) is 6.33 Å². The fraction of sp³-hybridized carbons (Fsp3) is 0.286. The molecule has 5 nitrogen and oxygen atoms in total. The molecule has 1 heterocycles. The highest BCUT2D eigenvalue weighted by Crippen LogP contribution is 2.30. The summed E-state index contributed by atoms with van der Waals surface area (Å²) in [5.41, 5.74) is 3.94. The molecule has 0 saturated carbocycles. The Bertz CT molecular complexity index is 986. The highest BCUT2D eigenvalue weighted by molar-refractivity contribution is 8.00. The minimum absolute atomic E-state index is 0.0677. The van der Waals surface area contributed by atoms with E-state index in [1.807, 2.05) is 54.8 Å². The zero-order valence-corrected chi connectivity index (χ0v) is 17.9. The Morgan fingerprint density at radius 1 is 1.18 bits per heavy atom. The average Bonchev–Trinajstić information content (AvgIpc) is 3.11. The van der Waals surface area contributed by atoms with Crippen molar-refractivity contribution in [1.29, 1.82) is 0 Å². The Balaban J connectivity index is 1.78. The van der Waals surface area contributed by atoms with Crippen molar-refractivity contribution in [3.8, 4) is 5.69 Å². The molecule has 0 radical (unpaired) electrons. The number of carbonyl (C=O) groups is 1. The zero-order valence-electron chi connectivity index (χ0n) is 16.3. The molecule has 2 aromatic carbocycles. The number of aromatic nitrogens is 3. The van der Waals surface area contributed by atoms with Crippen molar-refractivity contribution in [3.05, 3.63) is 64.9 Å². The molecule has 1 unspecified atom stereocenters. The molecule has 1 atom stereocenters. The van der Waals surface area contributed by atoms with Crippen LogP contribution in [-0.2, 0) is 4.79 Å². The number of hydrogen-bond donors (Lipinski definition) is 1. The number of carbonyl (C=O) groups excluding carboxylic acids is 1. The SMILES string of the molecule is Cc1cccc(C(C)C)c1NC(=O)C(C)Sc1nncn1-c1cccc(Cl)c1. The number of nitrogens with zero attached hydrogens (tertiary/aromatic N) is 3. The van der Waals surface area contributed by atoms with Crippen LogP contribution in [0.5, 0.6) is 0 Å². The summed E-state index contributed by atoms with van der Waals surface area (Å²) in [5, 5.41) is 12.2. The van der Waals surface area contributed by atoms with Gasteiger partial charge in [-0.2, -0.15) is 0 Å². The van der Waals surface area contributed by atoms with E-state index in [4.69, 9.17) is 11.6 Å². The van der Waals surface area contributed by atoms with Gasteiger partial charge in [-0.15, -0.1) is 10.2 Å². The minimum atomic E-state index is -0.346. The van der Waals surface area contributed by atoms with E-state index in [0.717, 1.165) is 22.5 Å². The lowest BCUT2D eigenvalue weighted by Crippen LogP contribution is -2.24. The molecule has 0 aliphatic heterocycles. The Labute approximate surface area is 174 Å². The van der Waals surface area contributed by atoms with Crippen LogP contribution in [0.25, 0.3) is 5.69 Å². The van der Waals surface area contributed by atoms with Crippen LogP contribution >= 0.6 is 23.4 Å². The number of rotatable bonds is 6. The van der Waals surface area contributed by atoms with Gasteiger partial charge in [-0.3, -0.25) is 9.36 Å². The first kappa shape index (κ1) is 20.4. The summed E-state index contributed by atoms with van der Waals surface area (Å²) in [6.45, 7) is 8.12. The second-order valence-electron chi connectivity index (χ2n) is 6.91. The summed E-state index contributed by atoms with van der Waals surface area (Å²) >= 11 is 7.45. The molecular formula is C21H23ClN4OS. The van der Waals surface area contributed by atoms with E-state index in [9.17, 15) is 4.79 Å². The van der Waals surface area contributed by atoms with Gasteiger partial charge in [0.2, 0.25) is 5.91 Å². The molecule has 146 valence electrons. The zero-order chi connectivity index (χ0) is 20.3. The van der Waals surface area contributed by atoms with E-state index in [0.29, 0.717) is 16.1 Å². The summed E-state index contributed by atoms with van der Waals surface area (Å²) in [6.07, 6.45) is 1.62. The van der Waals surface area contributed by atoms with Crippen LogP contribution in [0, 0.1) is 6.92 Å². The topological polar surface area (TPSA) is 59.8 Å². The van der Waals surface area contributed by atoms with Crippen LogP contribution in [-0.4, -0.2) is 25.9 Å². The number of hydrogen-bond acceptors (Lipinski definition) is 4. The van der Waals surface area contributed by atoms with Crippen molar-refractivity contribution < 1.29 is 4.79 Å². The van der Waals surface area contributed by atoms with Crippen LogP contribution in [0.4, 0.5) is 5.69 Å². The second kappa shape index (κ2) is 8.80. The predicted octanol–water partition coefficient (Wildman–Crippen LogP) is 5.47. The maximum Gasteiger partial charge on any atom is 0.237 e. The van der Waals surface area contributed by atoms with E-state index < -0.39 is 0 Å². The molecule has 1 aromatic heterocycles. The fourth-order valence-electron chi connectivity index (χ4n) is 2.89. The number of thioether (sulfide) groups is 1.